The Bertz CT molecular complexity index is 960. The lowest BCUT2D eigenvalue weighted by atomic mass is 9.79. The maximum Gasteiger partial charge on any atom is 0.306 e. The van der Waals surface area contributed by atoms with Gasteiger partial charge in [-0.3, -0.25) is 4.79 Å². The summed E-state index contributed by atoms with van der Waals surface area (Å²) in [6.07, 6.45) is 1.68. The summed E-state index contributed by atoms with van der Waals surface area (Å²) in [5.41, 5.74) is 0.000731. The molecule has 0 saturated carbocycles. The van der Waals surface area contributed by atoms with Crippen molar-refractivity contribution in [2.75, 3.05) is 14.2 Å². The Hall–Kier alpha value is -3.40. The monoisotopic (exact) mass is 439 g/mol. The first-order chi connectivity index (χ1) is 15.5. The number of para-hydroxylation sites is 2. The Labute approximate surface area is 188 Å². The number of hydrogen-bond acceptors (Lipinski definition) is 6. The third-order valence-corrected chi connectivity index (χ3v) is 6.08. The summed E-state index contributed by atoms with van der Waals surface area (Å²) in [6, 6.07) is 15.2. The summed E-state index contributed by atoms with van der Waals surface area (Å²) in [7, 11) is 3.11. The van der Waals surface area contributed by atoms with Gasteiger partial charge in [0.25, 0.3) is 6.29 Å². The molecule has 170 valence electrons. The highest BCUT2D eigenvalue weighted by atomic mass is 16.7. The zero-order valence-electron chi connectivity index (χ0n) is 18.7. The minimum atomic E-state index is -0.861. The van der Waals surface area contributed by atoms with E-state index in [1.807, 2.05) is 37.3 Å². The molecule has 0 fully saturated rings. The molecule has 0 amide bonds. The highest BCUT2D eigenvalue weighted by molar-refractivity contribution is 5.70. The number of fused-ring (bicyclic) bond motifs is 1. The zero-order chi connectivity index (χ0) is 23.1. The fourth-order valence-corrected chi connectivity index (χ4v) is 4.04. The van der Waals surface area contributed by atoms with Gasteiger partial charge in [-0.15, -0.1) is 0 Å². The van der Waals surface area contributed by atoms with E-state index in [4.69, 9.17) is 18.9 Å². The van der Waals surface area contributed by atoms with E-state index in [9.17, 15) is 15.2 Å². The molecule has 2 aromatic carbocycles. The molecule has 3 rings (SSSR count). The number of benzene rings is 2. The number of carboxylic acid groups (broad SMARTS) is 1. The van der Waals surface area contributed by atoms with Crippen LogP contribution in [-0.2, 0) is 11.2 Å². The van der Waals surface area contributed by atoms with Gasteiger partial charge in [0.15, 0.2) is 23.0 Å². The lowest BCUT2D eigenvalue weighted by Gasteiger charge is -2.30. The maximum absolute atomic E-state index is 11.9. The summed E-state index contributed by atoms with van der Waals surface area (Å²) in [6.45, 7) is 1.93. The number of nitriles is 1. The van der Waals surface area contributed by atoms with E-state index in [1.54, 1.807) is 26.4 Å². The molecule has 0 saturated heterocycles. The van der Waals surface area contributed by atoms with E-state index < -0.39 is 23.6 Å². The topological polar surface area (TPSA) is 98.0 Å². The fraction of sp³-hybridized carbons (Fsp3) is 0.440. The first-order valence-electron chi connectivity index (χ1n) is 10.7. The predicted octanol–water partition coefficient (Wildman–Crippen LogP) is 4.83. The maximum atomic E-state index is 11.9. The number of carboxylic acids is 1. The van der Waals surface area contributed by atoms with Crippen molar-refractivity contribution in [2.24, 2.45) is 11.3 Å². The fourth-order valence-electron chi connectivity index (χ4n) is 4.04. The molecular formula is C25H29NO6. The van der Waals surface area contributed by atoms with Crippen LogP contribution in [0.4, 0.5) is 0 Å². The molecular weight excluding hydrogens is 410 g/mol. The molecule has 0 aliphatic carbocycles. The molecule has 0 radical (unpaired) electrons. The molecule has 0 bridgehead atoms. The van der Waals surface area contributed by atoms with Crippen LogP contribution in [0.2, 0.25) is 0 Å². The Morgan fingerprint density at radius 2 is 1.81 bits per heavy atom. The molecule has 7 nitrogen and oxygen atoms in total. The van der Waals surface area contributed by atoms with Crippen LogP contribution in [0.25, 0.3) is 0 Å². The van der Waals surface area contributed by atoms with E-state index in [0.29, 0.717) is 55.1 Å². The molecule has 2 unspecified atom stereocenters. The van der Waals surface area contributed by atoms with Crippen LogP contribution in [0.15, 0.2) is 42.5 Å². The third-order valence-electron chi connectivity index (χ3n) is 6.08. The van der Waals surface area contributed by atoms with Crippen molar-refractivity contribution in [1.29, 1.82) is 5.26 Å². The average Bonchev–Trinajstić information content (AvgIpc) is 3.25. The molecule has 0 spiro atoms. The van der Waals surface area contributed by atoms with Crippen molar-refractivity contribution in [3.8, 4) is 29.1 Å². The van der Waals surface area contributed by atoms with E-state index in [1.165, 1.54) is 0 Å². The van der Waals surface area contributed by atoms with Crippen LogP contribution in [0.5, 0.6) is 23.0 Å². The number of aliphatic carboxylic acids is 1. The van der Waals surface area contributed by atoms with Gasteiger partial charge >= 0.3 is 5.97 Å². The van der Waals surface area contributed by atoms with Crippen LogP contribution >= 0.6 is 0 Å². The molecule has 7 heteroatoms. The summed E-state index contributed by atoms with van der Waals surface area (Å²) in [5, 5.41) is 19.7. The Balaban J connectivity index is 1.65. The highest BCUT2D eigenvalue weighted by Crippen LogP contribution is 2.43. The Morgan fingerprint density at radius 1 is 1.16 bits per heavy atom. The molecule has 1 aliphatic rings. The highest BCUT2D eigenvalue weighted by Gasteiger charge is 2.44. The molecule has 1 heterocycles. The molecule has 0 aromatic heterocycles. The zero-order valence-corrected chi connectivity index (χ0v) is 18.7. The lowest BCUT2D eigenvalue weighted by Crippen LogP contribution is -2.39. The average molecular weight is 440 g/mol. The van der Waals surface area contributed by atoms with Gasteiger partial charge in [0, 0.05) is 0 Å². The summed E-state index contributed by atoms with van der Waals surface area (Å²) >= 11 is 0. The molecule has 32 heavy (non-hydrogen) atoms. The number of rotatable bonds is 11. The first kappa shape index (κ1) is 23.3. The van der Waals surface area contributed by atoms with Gasteiger partial charge in [0.1, 0.15) is 5.41 Å². The Kier molecular flexibility index (Phi) is 7.47. The van der Waals surface area contributed by atoms with Crippen LogP contribution in [0.1, 0.15) is 38.2 Å². The van der Waals surface area contributed by atoms with Crippen molar-refractivity contribution in [3.63, 3.8) is 0 Å². The van der Waals surface area contributed by atoms with Gasteiger partial charge in [-0.05, 0) is 55.5 Å². The summed E-state index contributed by atoms with van der Waals surface area (Å²) in [5.74, 6) is 0.981. The number of hydrogen-bond donors (Lipinski definition) is 1. The number of carbonyl (C=O) groups is 1. The minimum absolute atomic E-state index is 0.364. The van der Waals surface area contributed by atoms with Gasteiger partial charge in [0.2, 0.25) is 0 Å². The predicted molar refractivity (Wildman–Crippen MR) is 118 cm³/mol. The standard InChI is InChI=1S/C25H29NO6/c1-4-25(16-26,24-31-20-9-5-6-10-21(20)32-24)13-7-8-18(23(27)28)14-17-11-12-19(29-2)22(15-17)30-3/h5-6,9-12,15,18,24H,4,7-8,13-14H2,1-3H3,(H,27,28). The Morgan fingerprint density at radius 3 is 2.34 bits per heavy atom. The summed E-state index contributed by atoms with van der Waals surface area (Å²) in [4.78, 5) is 11.9. The van der Waals surface area contributed by atoms with E-state index in [2.05, 4.69) is 6.07 Å². The van der Waals surface area contributed by atoms with Gasteiger partial charge in [-0.25, -0.2) is 0 Å². The van der Waals surface area contributed by atoms with Crippen molar-refractivity contribution in [2.45, 2.75) is 45.3 Å². The first-order valence-corrected chi connectivity index (χ1v) is 10.7. The van der Waals surface area contributed by atoms with Crippen LogP contribution in [0.3, 0.4) is 0 Å². The second-order valence-corrected chi connectivity index (χ2v) is 7.96. The van der Waals surface area contributed by atoms with Crippen molar-refractivity contribution < 1.29 is 28.8 Å². The van der Waals surface area contributed by atoms with E-state index in [0.717, 1.165) is 5.56 Å². The SMILES string of the molecule is CCC(C#N)(CCCC(Cc1ccc(OC)c(OC)c1)C(=O)O)C1Oc2ccccc2O1. The van der Waals surface area contributed by atoms with Crippen LogP contribution < -0.4 is 18.9 Å². The summed E-state index contributed by atoms with van der Waals surface area (Å²) < 4.78 is 22.4. The van der Waals surface area contributed by atoms with E-state index in [-0.39, 0.29) is 0 Å². The quantitative estimate of drug-likeness (QED) is 0.535. The largest absolute Gasteiger partial charge is 0.493 e. The van der Waals surface area contributed by atoms with Crippen molar-refractivity contribution in [3.05, 3.63) is 48.0 Å². The molecule has 2 aromatic rings. The molecule has 1 aliphatic heterocycles. The number of nitrogens with zero attached hydrogens (tertiary/aromatic N) is 1. The second-order valence-electron chi connectivity index (χ2n) is 7.96. The van der Waals surface area contributed by atoms with Gasteiger partial charge in [0.05, 0.1) is 26.2 Å². The van der Waals surface area contributed by atoms with E-state index >= 15 is 0 Å². The van der Waals surface area contributed by atoms with Gasteiger partial charge < -0.3 is 24.1 Å². The molecule has 2 atom stereocenters. The minimum Gasteiger partial charge on any atom is -0.493 e. The van der Waals surface area contributed by atoms with Crippen LogP contribution in [-0.4, -0.2) is 31.6 Å². The van der Waals surface area contributed by atoms with Crippen LogP contribution in [0, 0.1) is 22.7 Å². The normalized spacial score (nSPS) is 15.4. The van der Waals surface area contributed by atoms with Crippen molar-refractivity contribution in [1.82, 2.24) is 0 Å². The lowest BCUT2D eigenvalue weighted by molar-refractivity contribution is -0.142. The second kappa shape index (κ2) is 10.3. The smallest absolute Gasteiger partial charge is 0.306 e. The van der Waals surface area contributed by atoms with Gasteiger partial charge in [-0.1, -0.05) is 31.5 Å². The number of ether oxygens (including phenoxy) is 4. The third kappa shape index (κ3) is 4.91. The molecule has 1 N–H and O–H groups in total. The van der Waals surface area contributed by atoms with Crippen molar-refractivity contribution >= 4 is 5.97 Å². The number of methoxy groups -OCH3 is 2. The van der Waals surface area contributed by atoms with Gasteiger partial charge in [-0.2, -0.15) is 5.26 Å².